The number of urea groups is 1. The number of pyridine rings is 1. The van der Waals surface area contributed by atoms with Crippen LogP contribution in [0.25, 0.3) is 0 Å². The fourth-order valence-electron chi connectivity index (χ4n) is 4.23. The number of amides is 4. The molecule has 7 heteroatoms. The zero-order valence-electron chi connectivity index (χ0n) is 17.0. The minimum Gasteiger partial charge on any atom is -0.349 e. The number of carbonyl (C=O) groups excluding carboxylic acids is 3. The molecule has 1 saturated carbocycles. The highest BCUT2D eigenvalue weighted by atomic mass is 16.2. The van der Waals surface area contributed by atoms with E-state index in [0.29, 0.717) is 18.8 Å². The van der Waals surface area contributed by atoms with Gasteiger partial charge in [-0.25, -0.2) is 4.79 Å². The molecule has 2 heterocycles. The highest BCUT2D eigenvalue weighted by Crippen LogP contribution is 2.45. The van der Waals surface area contributed by atoms with Crippen molar-refractivity contribution in [2.75, 3.05) is 6.54 Å². The zero-order valence-corrected chi connectivity index (χ0v) is 17.0. The zero-order chi connectivity index (χ0) is 20.4. The molecular formula is C21H30N4O3. The van der Waals surface area contributed by atoms with E-state index in [1.807, 2.05) is 6.07 Å². The molecule has 0 bridgehead atoms. The van der Waals surface area contributed by atoms with Crippen molar-refractivity contribution in [1.29, 1.82) is 0 Å². The molecule has 2 N–H and O–H groups in total. The molecule has 1 aromatic heterocycles. The Bertz CT molecular complexity index is 739. The maximum atomic E-state index is 13.0. The van der Waals surface area contributed by atoms with Gasteiger partial charge in [0.1, 0.15) is 12.1 Å². The van der Waals surface area contributed by atoms with Crippen molar-refractivity contribution in [3.05, 3.63) is 30.1 Å². The van der Waals surface area contributed by atoms with E-state index in [-0.39, 0.29) is 30.3 Å². The SMILES string of the molecule is CCC(C)(C)C1CCC2(CC1)NC(=O)N(CC(=O)NCc1ccccn1)C2=O. The Morgan fingerprint density at radius 1 is 1.32 bits per heavy atom. The number of rotatable bonds is 6. The molecular weight excluding hydrogens is 356 g/mol. The van der Waals surface area contributed by atoms with E-state index in [0.717, 1.165) is 29.9 Å². The molecule has 0 atom stereocenters. The van der Waals surface area contributed by atoms with Gasteiger partial charge < -0.3 is 10.6 Å². The predicted octanol–water partition coefficient (Wildman–Crippen LogP) is 2.61. The van der Waals surface area contributed by atoms with Crippen LogP contribution in [-0.4, -0.2) is 39.8 Å². The van der Waals surface area contributed by atoms with E-state index >= 15 is 0 Å². The molecule has 1 saturated heterocycles. The van der Waals surface area contributed by atoms with Crippen molar-refractivity contribution in [2.24, 2.45) is 11.3 Å². The molecule has 28 heavy (non-hydrogen) atoms. The van der Waals surface area contributed by atoms with Gasteiger partial charge in [0, 0.05) is 6.20 Å². The Morgan fingerprint density at radius 3 is 2.64 bits per heavy atom. The third-order valence-electron chi connectivity index (χ3n) is 6.60. The standard InChI is InChI=1S/C21H30N4O3/c1-4-20(2,3)15-8-10-21(11-9-15)18(27)25(19(28)24-21)14-17(26)23-13-16-7-5-6-12-22-16/h5-7,12,15H,4,8-11,13-14H2,1-3H3,(H,23,26)(H,24,28). The Balaban J connectivity index is 1.57. The molecule has 1 spiro atoms. The maximum Gasteiger partial charge on any atom is 0.325 e. The quantitative estimate of drug-likeness (QED) is 0.735. The van der Waals surface area contributed by atoms with Gasteiger partial charge >= 0.3 is 6.03 Å². The van der Waals surface area contributed by atoms with Crippen molar-refractivity contribution in [2.45, 2.75) is 65.0 Å². The Hall–Kier alpha value is -2.44. The summed E-state index contributed by atoms with van der Waals surface area (Å²) in [6.45, 7) is 6.73. The highest BCUT2D eigenvalue weighted by molar-refractivity contribution is 6.09. The predicted molar refractivity (Wildman–Crippen MR) is 105 cm³/mol. The van der Waals surface area contributed by atoms with Crippen LogP contribution in [0.3, 0.4) is 0 Å². The van der Waals surface area contributed by atoms with E-state index in [1.165, 1.54) is 0 Å². The lowest BCUT2D eigenvalue weighted by atomic mass is 9.65. The molecule has 1 aliphatic heterocycles. The van der Waals surface area contributed by atoms with Gasteiger partial charge in [0.15, 0.2) is 0 Å². The van der Waals surface area contributed by atoms with Gasteiger partial charge in [-0.05, 0) is 49.1 Å². The van der Waals surface area contributed by atoms with E-state index < -0.39 is 11.6 Å². The summed E-state index contributed by atoms with van der Waals surface area (Å²) in [6.07, 6.45) is 5.83. The lowest BCUT2D eigenvalue weighted by Gasteiger charge is -2.42. The molecule has 0 aromatic carbocycles. The van der Waals surface area contributed by atoms with Crippen LogP contribution in [-0.2, 0) is 16.1 Å². The van der Waals surface area contributed by atoms with Crippen LogP contribution in [0.2, 0.25) is 0 Å². The highest BCUT2D eigenvalue weighted by Gasteiger charge is 2.53. The van der Waals surface area contributed by atoms with Crippen molar-refractivity contribution >= 4 is 17.8 Å². The average molecular weight is 386 g/mol. The van der Waals surface area contributed by atoms with Gasteiger partial charge in [-0.15, -0.1) is 0 Å². The summed E-state index contributed by atoms with van der Waals surface area (Å²) in [5.41, 5.74) is 0.123. The summed E-state index contributed by atoms with van der Waals surface area (Å²) in [6, 6.07) is 4.98. The van der Waals surface area contributed by atoms with E-state index in [4.69, 9.17) is 0 Å². The maximum absolute atomic E-state index is 13.0. The monoisotopic (exact) mass is 386 g/mol. The largest absolute Gasteiger partial charge is 0.349 e. The minimum atomic E-state index is -0.835. The van der Waals surface area contributed by atoms with Gasteiger partial charge in [0.25, 0.3) is 5.91 Å². The summed E-state index contributed by atoms with van der Waals surface area (Å²) in [5.74, 6) is -0.0891. The first kappa shape index (κ1) is 20.3. The van der Waals surface area contributed by atoms with Gasteiger partial charge in [-0.2, -0.15) is 0 Å². The fraction of sp³-hybridized carbons (Fsp3) is 0.619. The molecule has 152 valence electrons. The first-order valence-corrected chi connectivity index (χ1v) is 10.1. The van der Waals surface area contributed by atoms with Crippen molar-refractivity contribution in [3.63, 3.8) is 0 Å². The molecule has 1 aliphatic carbocycles. The second-order valence-electron chi connectivity index (χ2n) is 8.62. The number of hydrogen-bond donors (Lipinski definition) is 2. The normalized spacial score (nSPS) is 25.1. The summed E-state index contributed by atoms with van der Waals surface area (Å²) < 4.78 is 0. The van der Waals surface area contributed by atoms with Crippen molar-refractivity contribution in [3.8, 4) is 0 Å². The van der Waals surface area contributed by atoms with Crippen molar-refractivity contribution in [1.82, 2.24) is 20.5 Å². The fourth-order valence-corrected chi connectivity index (χ4v) is 4.23. The van der Waals surface area contributed by atoms with Crippen LogP contribution in [0.4, 0.5) is 4.79 Å². The van der Waals surface area contributed by atoms with E-state index in [2.05, 4.69) is 36.4 Å². The van der Waals surface area contributed by atoms with Crippen LogP contribution in [0.5, 0.6) is 0 Å². The topological polar surface area (TPSA) is 91.4 Å². The molecule has 0 unspecified atom stereocenters. The summed E-state index contributed by atoms with van der Waals surface area (Å²) in [4.78, 5) is 42.8. The van der Waals surface area contributed by atoms with Crippen LogP contribution in [0.15, 0.2) is 24.4 Å². The summed E-state index contributed by atoms with van der Waals surface area (Å²) in [5, 5.41) is 5.60. The Morgan fingerprint density at radius 2 is 2.04 bits per heavy atom. The first-order chi connectivity index (χ1) is 13.3. The number of nitrogens with zero attached hydrogens (tertiary/aromatic N) is 2. The number of hydrogen-bond acceptors (Lipinski definition) is 4. The second-order valence-corrected chi connectivity index (χ2v) is 8.62. The molecule has 2 aliphatic rings. The average Bonchev–Trinajstić information content (AvgIpc) is 2.91. The molecule has 0 radical (unpaired) electrons. The number of aromatic nitrogens is 1. The molecule has 2 fully saturated rings. The van der Waals surface area contributed by atoms with Crippen molar-refractivity contribution < 1.29 is 14.4 Å². The van der Waals surface area contributed by atoms with Crippen LogP contribution >= 0.6 is 0 Å². The molecule has 3 rings (SSSR count). The Labute approximate surface area is 166 Å². The van der Waals surface area contributed by atoms with Gasteiger partial charge in [0.05, 0.1) is 12.2 Å². The lowest BCUT2D eigenvalue weighted by Crippen LogP contribution is -2.51. The number of nitrogens with one attached hydrogen (secondary N) is 2. The van der Waals surface area contributed by atoms with Gasteiger partial charge in [0.2, 0.25) is 5.91 Å². The smallest absolute Gasteiger partial charge is 0.325 e. The van der Waals surface area contributed by atoms with E-state index in [1.54, 1.807) is 18.3 Å². The number of imide groups is 1. The van der Waals surface area contributed by atoms with E-state index in [9.17, 15) is 14.4 Å². The molecule has 4 amide bonds. The molecule has 7 nitrogen and oxygen atoms in total. The van der Waals surface area contributed by atoms with Crippen LogP contribution in [0, 0.1) is 11.3 Å². The van der Waals surface area contributed by atoms with Gasteiger partial charge in [-0.1, -0.05) is 33.3 Å². The minimum absolute atomic E-state index is 0.234. The van der Waals surface area contributed by atoms with Crippen LogP contribution in [0.1, 0.15) is 58.6 Å². The van der Waals surface area contributed by atoms with Gasteiger partial charge in [-0.3, -0.25) is 19.5 Å². The summed E-state index contributed by atoms with van der Waals surface area (Å²) in [7, 11) is 0. The third-order valence-corrected chi connectivity index (χ3v) is 6.60. The number of carbonyl (C=O) groups is 3. The second kappa shape index (κ2) is 7.89. The third kappa shape index (κ3) is 4.03. The summed E-state index contributed by atoms with van der Waals surface area (Å²) >= 11 is 0. The van der Waals surface area contributed by atoms with Crippen LogP contribution < -0.4 is 10.6 Å². The lowest BCUT2D eigenvalue weighted by molar-refractivity contribution is -0.136. The first-order valence-electron chi connectivity index (χ1n) is 10.1. The molecule has 1 aromatic rings. The Kier molecular flexibility index (Phi) is 5.72.